The van der Waals surface area contributed by atoms with E-state index in [0.29, 0.717) is 5.56 Å². The van der Waals surface area contributed by atoms with Gasteiger partial charge in [0.25, 0.3) is 5.91 Å². The molecule has 5 amide bonds. The number of urea groups is 1. The number of hydrogen-bond acceptors (Lipinski definition) is 10. The Balaban J connectivity index is 1.56. The first-order valence-electron chi connectivity index (χ1n) is 12.7. The number of nitrogens with zero attached hydrogens (tertiary/aromatic N) is 2. The van der Waals surface area contributed by atoms with Crippen LogP contribution in [0.5, 0.6) is 11.5 Å². The fourth-order valence-corrected chi connectivity index (χ4v) is 6.47. The molecule has 0 saturated carbocycles. The van der Waals surface area contributed by atoms with Crippen molar-refractivity contribution in [2.75, 3.05) is 13.2 Å². The minimum Gasteiger partial charge on any atom is -0.548 e. The molecular weight excluding hydrogens is 556 g/mol. The number of imide groups is 1. The van der Waals surface area contributed by atoms with Gasteiger partial charge in [0.05, 0.1) is 12.0 Å². The van der Waals surface area contributed by atoms with Gasteiger partial charge in [0.15, 0.2) is 11.5 Å². The average Bonchev–Trinajstić information content (AvgIpc) is 3.20. The van der Waals surface area contributed by atoms with Crippen LogP contribution in [-0.2, 0) is 14.4 Å². The van der Waals surface area contributed by atoms with Gasteiger partial charge in [-0.05, 0) is 44.0 Å². The molecule has 2 aromatic rings. The molecule has 0 aliphatic carbocycles. The topological polar surface area (TPSA) is 200 Å². The van der Waals surface area contributed by atoms with Crippen LogP contribution in [0.1, 0.15) is 42.2 Å². The van der Waals surface area contributed by atoms with Crippen LogP contribution in [0, 0.1) is 0 Å². The summed E-state index contributed by atoms with van der Waals surface area (Å²) in [5.41, 5.74) is 0.212. The van der Waals surface area contributed by atoms with Crippen LogP contribution in [0.4, 0.5) is 4.79 Å². The Hall–Kier alpha value is -4.30. The molecular formula is C27H29N4O9S-. The lowest BCUT2D eigenvalue weighted by molar-refractivity contribution is -0.312. The number of phenols is 2. The zero-order chi connectivity index (χ0) is 30.1. The Kier molecular flexibility index (Phi) is 8.44. The number of phenolic OH excluding ortho intramolecular Hbond substituents is 2. The third-order valence-corrected chi connectivity index (χ3v) is 8.45. The van der Waals surface area contributed by atoms with Crippen molar-refractivity contribution < 1.29 is 44.4 Å². The van der Waals surface area contributed by atoms with Gasteiger partial charge in [-0.25, -0.2) is 4.79 Å². The van der Waals surface area contributed by atoms with E-state index in [0.717, 1.165) is 17.0 Å². The fraction of sp³-hybridized carbons (Fsp3) is 0.370. The first-order chi connectivity index (χ1) is 19.4. The maximum Gasteiger partial charge on any atom is 0.325 e. The lowest BCUT2D eigenvalue weighted by Crippen LogP contribution is -2.72. The molecule has 2 aliphatic rings. The number of carboxylic acid groups (broad SMARTS) is 1. The summed E-state index contributed by atoms with van der Waals surface area (Å²) in [5.74, 6) is -4.66. The van der Waals surface area contributed by atoms with Crippen molar-refractivity contribution >= 4 is 41.5 Å². The molecule has 4 rings (SSSR count). The molecule has 14 heteroatoms. The van der Waals surface area contributed by atoms with Crippen molar-refractivity contribution in [3.63, 3.8) is 0 Å². The largest absolute Gasteiger partial charge is 0.548 e. The summed E-state index contributed by atoms with van der Waals surface area (Å²) in [6.45, 7) is 2.76. The van der Waals surface area contributed by atoms with Crippen LogP contribution in [0.25, 0.3) is 0 Å². The second kappa shape index (κ2) is 11.7. The number of thioether (sulfide) groups is 1. The molecule has 2 aromatic carbocycles. The Morgan fingerprint density at radius 3 is 2.39 bits per heavy atom. The number of amides is 5. The van der Waals surface area contributed by atoms with E-state index in [-0.39, 0.29) is 25.1 Å². The van der Waals surface area contributed by atoms with Gasteiger partial charge in [-0.1, -0.05) is 30.3 Å². The number of rotatable bonds is 9. The highest BCUT2D eigenvalue weighted by molar-refractivity contribution is 8.01. The van der Waals surface area contributed by atoms with E-state index in [1.807, 2.05) is 0 Å². The minimum absolute atomic E-state index is 0.0200. The third kappa shape index (κ3) is 5.79. The number of hydrogen-bond donors (Lipinski definition) is 5. The van der Waals surface area contributed by atoms with E-state index in [1.165, 1.54) is 22.7 Å². The van der Waals surface area contributed by atoms with E-state index >= 15 is 0 Å². The van der Waals surface area contributed by atoms with Gasteiger partial charge in [0, 0.05) is 23.5 Å². The van der Waals surface area contributed by atoms with Crippen LogP contribution in [0.15, 0.2) is 48.5 Å². The second-order valence-corrected chi connectivity index (χ2v) is 11.9. The van der Waals surface area contributed by atoms with E-state index in [4.69, 9.17) is 0 Å². The molecule has 218 valence electrons. The smallest absolute Gasteiger partial charge is 0.325 e. The molecule has 0 unspecified atom stereocenters. The van der Waals surface area contributed by atoms with Crippen molar-refractivity contribution in [1.82, 2.24) is 20.4 Å². The van der Waals surface area contributed by atoms with E-state index < -0.39 is 69.5 Å². The summed E-state index contributed by atoms with van der Waals surface area (Å²) in [6, 6.07) is 6.77. The highest BCUT2D eigenvalue weighted by Crippen LogP contribution is 2.50. The Morgan fingerprint density at radius 2 is 1.78 bits per heavy atom. The predicted octanol–water partition coefficient (Wildman–Crippen LogP) is -0.330. The molecule has 0 aromatic heterocycles. The molecule has 0 spiro atoms. The number of aliphatic hydroxyl groups is 1. The molecule has 0 bridgehead atoms. The molecule has 2 heterocycles. The van der Waals surface area contributed by atoms with E-state index in [2.05, 4.69) is 10.6 Å². The van der Waals surface area contributed by atoms with Crippen LogP contribution < -0.4 is 15.7 Å². The van der Waals surface area contributed by atoms with Gasteiger partial charge in [-0.2, -0.15) is 0 Å². The summed E-state index contributed by atoms with van der Waals surface area (Å²) in [6.07, 6.45) is 0.0200. The number of nitrogens with one attached hydrogen (secondary N) is 2. The SMILES string of the molecule is CC1(C)S[C@@H]2[C@H](NC(=O)[C@H](NC(=O)N(CCCO)C(=O)c3ccc(O)c(O)c3)c3ccccc3)C(=O)N2[C@H]1C(=O)[O-]. The standard InChI is InChI=1S/C27H30N4O9S/c1-27(2)20(25(38)39)31-23(37)19(24(31)41-27)28-21(35)18(14-7-4-3-5-8-14)29-26(40)30(11-6-12-32)22(36)15-9-10-16(33)17(34)13-15/h3-5,7-10,13,18-20,24,32-34H,6,11-12H2,1-2H3,(H,28,35)(H,29,40)(H,38,39)/p-1/t18-,19-,20+,24-/m1/s1. The highest BCUT2D eigenvalue weighted by Gasteiger charge is 2.62. The lowest BCUT2D eigenvalue weighted by Gasteiger charge is -2.45. The molecule has 41 heavy (non-hydrogen) atoms. The molecule has 13 nitrogen and oxygen atoms in total. The average molecular weight is 586 g/mol. The maximum atomic E-state index is 13.5. The van der Waals surface area contributed by atoms with Gasteiger partial charge >= 0.3 is 6.03 Å². The summed E-state index contributed by atoms with van der Waals surface area (Å²) in [4.78, 5) is 66.6. The monoisotopic (exact) mass is 585 g/mol. The fourth-order valence-electron chi connectivity index (χ4n) is 4.85. The number of carbonyl (C=O) groups is 5. The molecule has 2 aliphatic heterocycles. The van der Waals surface area contributed by atoms with Crippen LogP contribution in [0.3, 0.4) is 0 Å². The van der Waals surface area contributed by atoms with Gasteiger partial charge in [-0.15, -0.1) is 11.8 Å². The molecule has 0 radical (unpaired) electrons. The lowest BCUT2D eigenvalue weighted by atomic mass is 9.95. The normalized spacial score (nSPS) is 21.3. The quantitative estimate of drug-likeness (QED) is 0.192. The van der Waals surface area contributed by atoms with Crippen molar-refractivity contribution in [2.45, 2.75) is 48.5 Å². The number of benzene rings is 2. The minimum atomic E-state index is -1.40. The van der Waals surface area contributed by atoms with Gasteiger partial charge in [0.1, 0.15) is 17.5 Å². The number of aliphatic hydroxyl groups excluding tert-OH is 1. The maximum absolute atomic E-state index is 13.5. The van der Waals surface area contributed by atoms with Crippen LogP contribution in [-0.4, -0.2) is 90.2 Å². The van der Waals surface area contributed by atoms with Crippen molar-refractivity contribution in [3.8, 4) is 11.5 Å². The van der Waals surface area contributed by atoms with Crippen LogP contribution >= 0.6 is 11.8 Å². The van der Waals surface area contributed by atoms with Crippen LogP contribution in [0.2, 0.25) is 0 Å². The van der Waals surface area contributed by atoms with Gasteiger partial charge < -0.3 is 40.8 Å². The van der Waals surface area contributed by atoms with E-state index in [9.17, 15) is 44.4 Å². The van der Waals surface area contributed by atoms with Gasteiger partial charge in [-0.3, -0.25) is 19.3 Å². The Bertz CT molecular complexity index is 1370. The second-order valence-electron chi connectivity index (χ2n) is 10.1. The molecule has 4 atom stereocenters. The number of aromatic hydroxyl groups is 2. The first-order valence-corrected chi connectivity index (χ1v) is 13.6. The van der Waals surface area contributed by atoms with Crippen molar-refractivity contribution in [1.29, 1.82) is 0 Å². The van der Waals surface area contributed by atoms with Gasteiger partial charge in [0.2, 0.25) is 11.8 Å². The summed E-state index contributed by atoms with van der Waals surface area (Å²) >= 11 is 1.21. The van der Waals surface area contributed by atoms with Crippen molar-refractivity contribution in [3.05, 3.63) is 59.7 Å². The molecule has 5 N–H and O–H groups in total. The molecule has 2 saturated heterocycles. The predicted molar refractivity (Wildman–Crippen MR) is 143 cm³/mol. The highest BCUT2D eigenvalue weighted by atomic mass is 32.2. The number of fused-ring (bicyclic) bond motifs is 1. The first kappa shape index (κ1) is 29.7. The third-order valence-electron chi connectivity index (χ3n) is 6.88. The van der Waals surface area contributed by atoms with Crippen molar-refractivity contribution in [2.24, 2.45) is 0 Å². The number of β-lactam (4-membered cyclic amide) rings is 1. The molecule has 2 fully saturated rings. The Morgan fingerprint density at radius 1 is 1.10 bits per heavy atom. The zero-order valence-electron chi connectivity index (χ0n) is 22.1. The number of carbonyl (C=O) groups excluding carboxylic acids is 5. The van der Waals surface area contributed by atoms with E-state index in [1.54, 1.807) is 44.2 Å². The summed E-state index contributed by atoms with van der Waals surface area (Å²) < 4.78 is -0.859. The zero-order valence-corrected chi connectivity index (χ0v) is 23.0. The number of aliphatic carboxylic acids is 1. The summed E-state index contributed by atoms with van der Waals surface area (Å²) in [7, 11) is 0. The number of carboxylic acids is 1. The summed E-state index contributed by atoms with van der Waals surface area (Å²) in [5, 5.41) is 44.9. The Labute approximate surface area is 239 Å².